The van der Waals surface area contributed by atoms with Crippen LogP contribution in [0.4, 0.5) is 10.5 Å². The van der Waals surface area contributed by atoms with Crippen LogP contribution in [0.25, 0.3) is 0 Å². The average Bonchev–Trinajstić information content (AvgIpc) is 2.59. The van der Waals surface area contributed by atoms with Gasteiger partial charge >= 0.3 is 18.1 Å². The molecule has 1 aromatic carbocycles. The van der Waals surface area contributed by atoms with E-state index in [1.54, 1.807) is 0 Å². The van der Waals surface area contributed by atoms with Gasteiger partial charge in [-0.15, -0.1) is 0 Å². The number of carboxylic acid groups (broad SMARTS) is 1. The van der Waals surface area contributed by atoms with Crippen LogP contribution >= 0.6 is 0 Å². The van der Waals surface area contributed by atoms with Crippen LogP contribution in [0.1, 0.15) is 13.8 Å². The second-order valence-electron chi connectivity index (χ2n) is 5.64. The Bertz CT molecular complexity index is 747. The van der Waals surface area contributed by atoms with Crippen molar-refractivity contribution in [1.29, 1.82) is 0 Å². The molecule has 1 aliphatic rings. The molecule has 1 N–H and O–H groups in total. The molecule has 4 atom stereocenters. The third kappa shape index (κ3) is 5.54. The predicted octanol–water partition coefficient (Wildman–Crippen LogP) is 1.26. The highest BCUT2D eigenvalue weighted by Crippen LogP contribution is 2.27. The summed E-state index contributed by atoms with van der Waals surface area (Å²) in [6.45, 7) is 1.89. The summed E-state index contributed by atoms with van der Waals surface area (Å²) < 4.78 is 25.8. The van der Waals surface area contributed by atoms with Crippen LogP contribution < -0.4 is 4.74 Å². The fourth-order valence-electron chi connectivity index (χ4n) is 2.52. The number of non-ortho nitro benzene ring substituents is 1. The normalized spacial score (nSPS) is 23.9. The van der Waals surface area contributed by atoms with Crippen LogP contribution in [0, 0.1) is 10.1 Å². The van der Waals surface area contributed by atoms with Crippen molar-refractivity contribution in [2.24, 2.45) is 0 Å². The Hall–Kier alpha value is -3.41. The summed E-state index contributed by atoms with van der Waals surface area (Å²) in [5.74, 6) is -1.37. The SMILES string of the molecule is CC(=O)O[C@H]1[C@@H](Oc2ccc([N+](=O)[O-])cc2)OC[C@@H](OC(C)=O)[C@@H]1OC(=O)O. The number of carbonyl (C=O) groups excluding carboxylic acids is 2. The molecule has 12 nitrogen and oxygen atoms in total. The smallest absolute Gasteiger partial charge is 0.461 e. The zero-order valence-electron chi connectivity index (χ0n) is 14.8. The predicted molar refractivity (Wildman–Crippen MR) is 87.5 cm³/mol. The van der Waals surface area contributed by atoms with Gasteiger partial charge in [-0.2, -0.15) is 0 Å². The lowest BCUT2D eigenvalue weighted by Crippen LogP contribution is -2.59. The van der Waals surface area contributed by atoms with Gasteiger partial charge in [0.1, 0.15) is 5.75 Å². The maximum Gasteiger partial charge on any atom is 0.506 e. The fourth-order valence-corrected chi connectivity index (χ4v) is 2.52. The van der Waals surface area contributed by atoms with Gasteiger partial charge in [0.2, 0.25) is 12.4 Å². The third-order valence-electron chi connectivity index (χ3n) is 3.54. The quantitative estimate of drug-likeness (QED) is 0.317. The number of hydrogen-bond donors (Lipinski definition) is 1. The van der Waals surface area contributed by atoms with Gasteiger partial charge in [-0.1, -0.05) is 0 Å². The number of nitro groups is 1. The van der Waals surface area contributed by atoms with E-state index in [9.17, 15) is 24.5 Å². The van der Waals surface area contributed by atoms with Gasteiger partial charge in [0.15, 0.2) is 12.2 Å². The van der Waals surface area contributed by atoms with E-state index in [-0.39, 0.29) is 18.0 Å². The number of nitrogens with zero attached hydrogens (tertiary/aromatic N) is 1. The lowest BCUT2D eigenvalue weighted by atomic mass is 10.0. The number of ether oxygens (including phenoxy) is 5. The zero-order valence-corrected chi connectivity index (χ0v) is 14.8. The van der Waals surface area contributed by atoms with E-state index in [1.165, 1.54) is 24.3 Å². The van der Waals surface area contributed by atoms with Crippen LogP contribution in [-0.4, -0.2) is 59.3 Å². The molecule has 0 unspecified atom stereocenters. The number of rotatable bonds is 6. The Labute approximate surface area is 158 Å². The van der Waals surface area contributed by atoms with Crippen molar-refractivity contribution in [3.63, 3.8) is 0 Å². The molecule has 0 aliphatic carbocycles. The summed E-state index contributed by atoms with van der Waals surface area (Å²) in [7, 11) is 0. The molecule has 0 bridgehead atoms. The molecule has 0 amide bonds. The van der Waals surface area contributed by atoms with Crippen molar-refractivity contribution in [1.82, 2.24) is 0 Å². The van der Waals surface area contributed by atoms with Gasteiger partial charge in [-0.3, -0.25) is 19.7 Å². The van der Waals surface area contributed by atoms with E-state index >= 15 is 0 Å². The highest BCUT2D eigenvalue weighted by atomic mass is 16.7. The molecule has 2 rings (SSSR count). The first kappa shape index (κ1) is 20.9. The molecule has 0 radical (unpaired) electrons. The summed E-state index contributed by atoms with van der Waals surface area (Å²) >= 11 is 0. The number of benzene rings is 1. The molecule has 152 valence electrons. The molecule has 1 aromatic rings. The Morgan fingerprint density at radius 2 is 1.68 bits per heavy atom. The van der Waals surface area contributed by atoms with E-state index in [0.717, 1.165) is 13.8 Å². The maximum absolute atomic E-state index is 11.5. The van der Waals surface area contributed by atoms with E-state index < -0.39 is 47.6 Å². The standard InChI is InChI=1S/C16H17NO11/c1-8(18)25-12-7-24-15(14(26-9(2)19)13(12)28-16(20)21)27-11-5-3-10(4-6-11)17(22)23/h3-6,12-15H,7H2,1-2H3,(H,20,21)/t12-,13+,14-,15-/m1/s1. The third-order valence-corrected chi connectivity index (χ3v) is 3.54. The van der Waals surface area contributed by atoms with Gasteiger partial charge in [-0.05, 0) is 12.1 Å². The monoisotopic (exact) mass is 399 g/mol. The largest absolute Gasteiger partial charge is 0.506 e. The molecule has 1 fully saturated rings. The van der Waals surface area contributed by atoms with Gasteiger partial charge in [0.05, 0.1) is 11.5 Å². The summed E-state index contributed by atoms with van der Waals surface area (Å²) in [6.07, 6.45) is -6.99. The Balaban J connectivity index is 2.25. The number of hydrogen-bond acceptors (Lipinski definition) is 10. The lowest BCUT2D eigenvalue weighted by Gasteiger charge is -2.39. The molecular formula is C16H17NO11. The van der Waals surface area contributed by atoms with Crippen LogP contribution in [0.2, 0.25) is 0 Å². The second kappa shape index (κ2) is 8.99. The Morgan fingerprint density at radius 3 is 2.18 bits per heavy atom. The van der Waals surface area contributed by atoms with Crippen molar-refractivity contribution in [3.8, 4) is 5.75 Å². The topological polar surface area (TPSA) is 161 Å². The maximum atomic E-state index is 11.5. The molecule has 28 heavy (non-hydrogen) atoms. The van der Waals surface area contributed by atoms with Gasteiger partial charge in [0, 0.05) is 26.0 Å². The number of carbonyl (C=O) groups is 3. The molecule has 1 heterocycles. The highest BCUT2D eigenvalue weighted by Gasteiger charge is 2.48. The summed E-state index contributed by atoms with van der Waals surface area (Å²) in [4.78, 5) is 43.9. The molecule has 0 spiro atoms. The number of nitro benzene ring substituents is 1. The van der Waals surface area contributed by atoms with Crippen LogP contribution in [0.5, 0.6) is 5.75 Å². The molecular weight excluding hydrogens is 382 g/mol. The van der Waals surface area contributed by atoms with E-state index in [0.29, 0.717) is 0 Å². The van der Waals surface area contributed by atoms with Crippen LogP contribution in [-0.2, 0) is 28.5 Å². The Kier molecular flexibility index (Phi) is 6.71. The summed E-state index contributed by atoms with van der Waals surface area (Å²) in [5, 5.41) is 19.7. The summed E-state index contributed by atoms with van der Waals surface area (Å²) in [6, 6.07) is 4.95. The van der Waals surface area contributed by atoms with Crippen molar-refractivity contribution >= 4 is 23.8 Å². The molecule has 1 aliphatic heterocycles. The van der Waals surface area contributed by atoms with Crippen molar-refractivity contribution < 1.29 is 48.1 Å². The van der Waals surface area contributed by atoms with Crippen LogP contribution in [0.3, 0.4) is 0 Å². The van der Waals surface area contributed by atoms with Crippen molar-refractivity contribution in [2.45, 2.75) is 38.4 Å². The second-order valence-corrected chi connectivity index (χ2v) is 5.64. The lowest BCUT2D eigenvalue weighted by molar-refractivity contribution is -0.384. The minimum Gasteiger partial charge on any atom is -0.461 e. The van der Waals surface area contributed by atoms with E-state index in [2.05, 4.69) is 0 Å². The molecule has 0 aromatic heterocycles. The first-order valence-corrected chi connectivity index (χ1v) is 7.94. The first-order valence-electron chi connectivity index (χ1n) is 7.94. The molecule has 0 saturated carbocycles. The highest BCUT2D eigenvalue weighted by molar-refractivity contribution is 5.67. The first-order chi connectivity index (χ1) is 13.2. The Morgan fingerprint density at radius 1 is 1.07 bits per heavy atom. The number of esters is 2. The van der Waals surface area contributed by atoms with Crippen molar-refractivity contribution in [3.05, 3.63) is 34.4 Å². The van der Waals surface area contributed by atoms with E-state index in [4.69, 9.17) is 28.8 Å². The zero-order chi connectivity index (χ0) is 20.8. The fraction of sp³-hybridized carbons (Fsp3) is 0.438. The minimum atomic E-state index is -1.68. The van der Waals surface area contributed by atoms with Gasteiger partial charge < -0.3 is 28.8 Å². The summed E-state index contributed by atoms with van der Waals surface area (Å²) in [5.41, 5.74) is -0.171. The minimum absolute atomic E-state index is 0.132. The van der Waals surface area contributed by atoms with Gasteiger partial charge in [-0.25, -0.2) is 4.79 Å². The van der Waals surface area contributed by atoms with Crippen LogP contribution in [0.15, 0.2) is 24.3 Å². The van der Waals surface area contributed by atoms with E-state index in [1.807, 2.05) is 0 Å². The molecule has 12 heteroatoms. The van der Waals surface area contributed by atoms with Gasteiger partial charge in [0.25, 0.3) is 5.69 Å². The van der Waals surface area contributed by atoms with Crippen molar-refractivity contribution in [2.75, 3.05) is 6.61 Å². The average molecular weight is 399 g/mol. The molecule has 1 saturated heterocycles.